The van der Waals surface area contributed by atoms with Crippen molar-refractivity contribution in [3.63, 3.8) is 0 Å². The molecule has 4 aromatic heterocycles. The van der Waals surface area contributed by atoms with E-state index < -0.39 is 43.5 Å². The zero-order valence-corrected chi connectivity index (χ0v) is 19.5. The number of nitrogens with two attached hydrogens (primary N) is 2. The third-order valence-electron chi connectivity index (χ3n) is 3.65. The highest BCUT2D eigenvalue weighted by atomic mass is 16.6. The first-order valence-electron chi connectivity index (χ1n) is 9.05. The molecule has 0 unspecified atom stereocenters. The largest absolute Gasteiger partial charge is 0.418 e. The van der Waals surface area contributed by atoms with Gasteiger partial charge in [-0.15, -0.1) is 9.36 Å². The lowest BCUT2D eigenvalue weighted by molar-refractivity contribution is -0.737. The average Bonchev–Trinajstić information content (AvgIpc) is 3.64. The second-order valence-corrected chi connectivity index (χ2v) is 6.04. The summed E-state index contributed by atoms with van der Waals surface area (Å²) < 4.78 is 3.19. The Morgan fingerprint density at radius 2 is 0.868 bits per heavy atom. The van der Waals surface area contributed by atoms with E-state index in [1.807, 2.05) is 13.8 Å². The minimum Gasteiger partial charge on any atom is -0.417 e. The second kappa shape index (κ2) is 12.9. The van der Waals surface area contributed by atoms with Gasteiger partial charge in [0, 0.05) is 43.8 Å². The van der Waals surface area contributed by atoms with Gasteiger partial charge in [-0.25, -0.2) is 0 Å². The molecule has 0 spiro atoms. The van der Waals surface area contributed by atoms with E-state index in [9.17, 15) is 40.5 Å². The molecule has 0 radical (unpaired) electrons. The Bertz CT molecular complexity index is 1210. The molecule has 4 N–H and O–H groups in total. The van der Waals surface area contributed by atoms with Crippen LogP contribution in [0, 0.1) is 54.3 Å². The maximum Gasteiger partial charge on any atom is 0.418 e. The van der Waals surface area contributed by atoms with E-state index in [1.165, 1.54) is 9.58 Å². The lowest BCUT2D eigenvalue weighted by Gasteiger charge is -1.88. The summed E-state index contributed by atoms with van der Waals surface area (Å²) in [5.41, 5.74) is 0. The van der Waals surface area contributed by atoms with Crippen LogP contribution in [-0.2, 0) is 14.1 Å². The number of hydrogen-bond donors (Lipinski definition) is 2. The first kappa shape index (κ1) is 29.7. The van der Waals surface area contributed by atoms with Crippen LogP contribution in [0.5, 0.6) is 0 Å². The minimum atomic E-state index is -0.958. The fraction of sp³-hybridized carbons (Fsp3) is 0.400. The summed E-state index contributed by atoms with van der Waals surface area (Å²) in [5, 5.41) is 65.0. The van der Waals surface area contributed by atoms with E-state index in [1.54, 1.807) is 23.5 Å². The van der Waals surface area contributed by atoms with Crippen molar-refractivity contribution in [2.75, 3.05) is 11.7 Å². The van der Waals surface area contributed by atoms with Crippen LogP contribution in [0.4, 0.5) is 23.8 Å². The number of hydrogen-bond acceptors (Lipinski definition) is 18. The van der Waals surface area contributed by atoms with Gasteiger partial charge in [0.1, 0.15) is 10.4 Å². The van der Waals surface area contributed by atoms with Crippen LogP contribution in [-0.4, -0.2) is 70.5 Å². The van der Waals surface area contributed by atoms with Crippen molar-refractivity contribution < 1.29 is 29.1 Å². The fourth-order valence-corrected chi connectivity index (χ4v) is 1.52. The maximum absolute atomic E-state index is 9.85. The fourth-order valence-electron chi connectivity index (χ4n) is 1.52. The molecule has 4 aromatic rings. The molecule has 0 atom stereocenters. The van der Waals surface area contributed by atoms with Crippen molar-refractivity contribution >= 4 is 23.8 Å². The monoisotopic (exact) mass is 544 g/mol. The molecule has 0 fully saturated rings. The molecule has 4 heterocycles. The van der Waals surface area contributed by atoms with Gasteiger partial charge in [-0.1, -0.05) is 29.7 Å². The highest BCUT2D eigenvalue weighted by Gasteiger charge is 2.16. The second-order valence-electron chi connectivity index (χ2n) is 6.04. The molecule has 4 rings (SSSR count). The molecule has 204 valence electrons. The number of aryl methyl sites for hydroxylation is 2. The molecule has 28 heteroatoms. The van der Waals surface area contributed by atoms with Gasteiger partial charge in [-0.3, -0.25) is 11.7 Å². The lowest BCUT2D eigenvalue weighted by atomic mass is 10.7. The molecule has 0 aromatic carbocycles. The Labute approximate surface area is 206 Å². The summed E-state index contributed by atoms with van der Waals surface area (Å²) in [6.45, 7) is 3.67. The van der Waals surface area contributed by atoms with Crippen LogP contribution in [0.1, 0.15) is 11.6 Å². The Balaban J connectivity index is 0.000000256. The molecule has 0 saturated heterocycles. The Hall–Kier alpha value is -6.38. The van der Waals surface area contributed by atoms with E-state index in [0.29, 0.717) is 0 Å². The first-order chi connectivity index (χ1) is 17.6. The van der Waals surface area contributed by atoms with Gasteiger partial charge in [-0.05, 0) is 0 Å². The van der Waals surface area contributed by atoms with Crippen molar-refractivity contribution in [3.8, 4) is 0 Å². The van der Waals surface area contributed by atoms with Gasteiger partial charge in [0.05, 0.1) is 14.1 Å². The van der Waals surface area contributed by atoms with Gasteiger partial charge in [0.25, 0.3) is 11.6 Å². The molecular weight excluding hydrogens is 528 g/mol. The van der Waals surface area contributed by atoms with E-state index in [4.69, 9.17) is 11.7 Å². The van der Waals surface area contributed by atoms with Gasteiger partial charge in [0.2, 0.25) is 0 Å². The number of aromatic nitrogens is 14. The number of nitrogens with zero attached hydrogens (tertiary/aromatic N) is 18. The quantitative estimate of drug-likeness (QED) is 0.105. The summed E-state index contributed by atoms with van der Waals surface area (Å²) >= 11 is 0. The van der Waals surface area contributed by atoms with Crippen LogP contribution in [0.25, 0.3) is 0 Å². The summed E-state index contributed by atoms with van der Waals surface area (Å²) in [6, 6.07) is 0. The van der Waals surface area contributed by atoms with Gasteiger partial charge in [-0.2, -0.15) is 0 Å². The normalized spacial score (nSPS) is 9.58. The van der Waals surface area contributed by atoms with E-state index in [0.717, 1.165) is 11.6 Å². The molecule has 38 heavy (non-hydrogen) atoms. The standard InChI is InChI=1S/2C3H8N5.2C2N5O4/c2*1-3-7(2)5-6-8(3)4;2*8-6(9)1-3-2(5-4-1)7(10)11/h2*4H2,1-2H3;;/q2*+1;2*-1. The van der Waals surface area contributed by atoms with Crippen molar-refractivity contribution in [1.29, 1.82) is 0 Å². The predicted molar refractivity (Wildman–Crippen MR) is 109 cm³/mol. The third-order valence-corrected chi connectivity index (χ3v) is 3.65. The molecule has 0 aliphatic carbocycles. The SMILES string of the molecule is Cc1n(N)nn[n+]1C.Cc1n(N)nn[n+]1C.O=[N+]([O-])c1nnc([N+](=O)[O-])[n-]1.O=[N+]([O-])c1nnc([N+](=O)[O-])[n-]1. The minimum absolute atomic E-state index is 0.824. The molecule has 0 aliphatic rings. The zero-order chi connectivity index (χ0) is 29.2. The highest BCUT2D eigenvalue weighted by Crippen LogP contribution is 2.05. The Morgan fingerprint density at radius 1 is 0.632 bits per heavy atom. The van der Waals surface area contributed by atoms with Crippen molar-refractivity contribution in [2.45, 2.75) is 13.8 Å². The predicted octanol–water partition coefficient (Wildman–Crippen LogP) is -5.25. The van der Waals surface area contributed by atoms with E-state index in [-0.39, 0.29) is 0 Å². The molecular formula is C10H16N20O8. The van der Waals surface area contributed by atoms with Crippen LogP contribution in [0.2, 0.25) is 0 Å². The summed E-state index contributed by atoms with van der Waals surface area (Å²) in [7, 11) is 3.57. The lowest BCUT2D eigenvalue weighted by Crippen LogP contribution is -2.34. The van der Waals surface area contributed by atoms with Crippen molar-refractivity contribution in [2.24, 2.45) is 14.1 Å². The van der Waals surface area contributed by atoms with Crippen LogP contribution < -0.4 is 31.0 Å². The van der Waals surface area contributed by atoms with E-state index in [2.05, 4.69) is 51.2 Å². The Kier molecular flexibility index (Phi) is 10.1. The Morgan fingerprint density at radius 3 is 0.947 bits per heavy atom. The average molecular weight is 544 g/mol. The smallest absolute Gasteiger partial charge is 0.417 e. The molecule has 0 amide bonds. The molecule has 0 aliphatic heterocycles. The van der Waals surface area contributed by atoms with Crippen LogP contribution in [0.3, 0.4) is 0 Å². The topological polar surface area (TPSA) is 374 Å². The summed E-state index contributed by atoms with van der Waals surface area (Å²) in [5.74, 6) is 8.72. The third kappa shape index (κ3) is 8.44. The van der Waals surface area contributed by atoms with Gasteiger partial charge in [0.15, 0.2) is 10.4 Å². The number of tetrazole rings is 2. The number of nitro groups is 4. The first-order valence-corrected chi connectivity index (χ1v) is 9.05. The molecule has 28 nitrogen and oxygen atoms in total. The number of rotatable bonds is 4. The van der Waals surface area contributed by atoms with Gasteiger partial charge < -0.3 is 40.5 Å². The van der Waals surface area contributed by atoms with Crippen molar-refractivity contribution in [3.05, 3.63) is 52.1 Å². The zero-order valence-electron chi connectivity index (χ0n) is 19.5. The molecule has 0 saturated carbocycles. The molecule has 0 bridgehead atoms. The highest BCUT2D eigenvalue weighted by molar-refractivity contribution is 5.10. The number of nitrogen functional groups attached to an aromatic ring is 2. The van der Waals surface area contributed by atoms with Crippen LogP contribution in [0.15, 0.2) is 0 Å². The van der Waals surface area contributed by atoms with Crippen LogP contribution >= 0.6 is 0 Å². The van der Waals surface area contributed by atoms with Gasteiger partial charge >= 0.3 is 23.8 Å². The van der Waals surface area contributed by atoms with E-state index >= 15 is 0 Å². The summed E-state index contributed by atoms with van der Waals surface area (Å²) in [6.07, 6.45) is 0. The maximum atomic E-state index is 9.85. The summed E-state index contributed by atoms with van der Waals surface area (Å²) in [4.78, 5) is 43.8. The van der Waals surface area contributed by atoms with Crippen molar-refractivity contribution in [1.82, 2.24) is 60.8 Å².